The molecule has 142 valence electrons. The van der Waals surface area contributed by atoms with Crippen LogP contribution in [0.1, 0.15) is 30.5 Å². The zero-order valence-electron chi connectivity index (χ0n) is 16.1. The highest BCUT2D eigenvalue weighted by Gasteiger charge is 2.07. The van der Waals surface area contributed by atoms with Gasteiger partial charge in [-0.15, -0.1) is 0 Å². The highest BCUT2D eigenvalue weighted by molar-refractivity contribution is 5.90. The number of amides is 2. The minimum atomic E-state index is -0.161. The molecule has 0 saturated carbocycles. The molecular formula is C21H29ClN3O-. The van der Waals surface area contributed by atoms with Crippen molar-refractivity contribution in [2.45, 2.75) is 34.1 Å². The van der Waals surface area contributed by atoms with E-state index in [2.05, 4.69) is 66.6 Å². The van der Waals surface area contributed by atoms with Gasteiger partial charge in [0.15, 0.2) is 0 Å². The number of urea groups is 1. The molecule has 0 spiro atoms. The first-order valence-electron chi connectivity index (χ1n) is 8.99. The molecule has 2 aromatic carbocycles. The third-order valence-corrected chi connectivity index (χ3v) is 4.37. The summed E-state index contributed by atoms with van der Waals surface area (Å²) in [4.78, 5) is 14.4. The van der Waals surface area contributed by atoms with Crippen molar-refractivity contribution < 1.29 is 17.2 Å². The highest BCUT2D eigenvalue weighted by atomic mass is 35.5. The minimum absolute atomic E-state index is 0. The van der Waals surface area contributed by atoms with Crippen LogP contribution in [0, 0.1) is 13.8 Å². The van der Waals surface area contributed by atoms with Gasteiger partial charge >= 0.3 is 6.03 Å². The predicted octanol–water partition coefficient (Wildman–Crippen LogP) is 1.52. The summed E-state index contributed by atoms with van der Waals surface area (Å²) in [6.45, 7) is 11.0. The van der Waals surface area contributed by atoms with Crippen LogP contribution in [-0.2, 0) is 6.42 Å². The maximum absolute atomic E-state index is 12.1. The van der Waals surface area contributed by atoms with Crippen LogP contribution < -0.4 is 27.9 Å². The van der Waals surface area contributed by atoms with Crippen molar-refractivity contribution in [3.05, 3.63) is 59.2 Å². The average molecular weight is 375 g/mol. The standard InChI is InChI=1S/C21H29N3O.ClH/c1-5-24(6-2)19-10-11-20(17(4)15-19)23-21(25)22-13-12-18-9-7-8-16(3)14-18;/h7-11,14-15H,5-6,12-13H2,1-4H3,(H2,22,23,25);1H/p-1. The van der Waals surface area contributed by atoms with Crippen LogP contribution in [0.25, 0.3) is 0 Å². The Labute approximate surface area is 163 Å². The summed E-state index contributed by atoms with van der Waals surface area (Å²) in [5, 5.41) is 5.87. The van der Waals surface area contributed by atoms with Crippen LogP contribution in [0.5, 0.6) is 0 Å². The molecule has 0 aliphatic rings. The molecule has 2 rings (SSSR count). The molecule has 0 saturated heterocycles. The molecule has 0 aliphatic heterocycles. The number of carbonyl (C=O) groups is 1. The maximum Gasteiger partial charge on any atom is 0.319 e. The zero-order chi connectivity index (χ0) is 18.2. The first-order valence-corrected chi connectivity index (χ1v) is 8.99. The molecule has 0 aromatic heterocycles. The Morgan fingerprint density at radius 3 is 2.38 bits per heavy atom. The molecule has 4 nitrogen and oxygen atoms in total. The fourth-order valence-corrected chi connectivity index (χ4v) is 2.93. The molecule has 0 aliphatic carbocycles. The van der Waals surface area contributed by atoms with E-state index in [1.807, 2.05) is 19.1 Å². The number of anilines is 2. The van der Waals surface area contributed by atoms with E-state index < -0.39 is 0 Å². The van der Waals surface area contributed by atoms with E-state index in [1.165, 1.54) is 16.8 Å². The first kappa shape index (κ1) is 21.8. The lowest BCUT2D eigenvalue weighted by atomic mass is 10.1. The Kier molecular flexibility index (Phi) is 9.00. The van der Waals surface area contributed by atoms with Crippen molar-refractivity contribution in [1.82, 2.24) is 5.32 Å². The van der Waals surface area contributed by atoms with Gasteiger partial charge in [0.05, 0.1) is 0 Å². The second-order valence-corrected chi connectivity index (χ2v) is 6.29. The largest absolute Gasteiger partial charge is 1.00 e. The third-order valence-electron chi connectivity index (χ3n) is 4.37. The second kappa shape index (κ2) is 10.7. The number of benzene rings is 2. The van der Waals surface area contributed by atoms with Gasteiger partial charge < -0.3 is 27.9 Å². The van der Waals surface area contributed by atoms with E-state index in [9.17, 15) is 4.79 Å². The highest BCUT2D eigenvalue weighted by Crippen LogP contribution is 2.22. The number of aryl methyl sites for hydroxylation is 2. The monoisotopic (exact) mass is 374 g/mol. The summed E-state index contributed by atoms with van der Waals surface area (Å²) in [7, 11) is 0. The van der Waals surface area contributed by atoms with Gasteiger partial charge in [-0.1, -0.05) is 29.8 Å². The normalized spacial score (nSPS) is 10.0. The van der Waals surface area contributed by atoms with E-state index in [1.54, 1.807) is 0 Å². The first-order chi connectivity index (χ1) is 12.0. The van der Waals surface area contributed by atoms with Gasteiger partial charge in [-0.25, -0.2) is 4.79 Å². The molecule has 0 unspecified atom stereocenters. The third kappa shape index (κ3) is 6.26. The Bertz CT molecular complexity index is 714. The summed E-state index contributed by atoms with van der Waals surface area (Å²) >= 11 is 0. The number of halogens is 1. The predicted molar refractivity (Wildman–Crippen MR) is 107 cm³/mol. The summed E-state index contributed by atoms with van der Waals surface area (Å²) < 4.78 is 0. The molecule has 0 atom stereocenters. The van der Waals surface area contributed by atoms with Gasteiger partial charge in [0, 0.05) is 31.0 Å². The lowest BCUT2D eigenvalue weighted by Gasteiger charge is -2.22. The topological polar surface area (TPSA) is 44.4 Å². The number of hydrogen-bond acceptors (Lipinski definition) is 2. The van der Waals surface area contributed by atoms with Crippen LogP contribution >= 0.6 is 0 Å². The SMILES string of the molecule is CCN(CC)c1ccc(NC(=O)NCCc2cccc(C)c2)c(C)c1.[Cl-]. The van der Waals surface area contributed by atoms with Crippen LogP contribution in [0.15, 0.2) is 42.5 Å². The summed E-state index contributed by atoms with van der Waals surface area (Å²) in [5.41, 5.74) is 5.58. The van der Waals surface area contributed by atoms with E-state index in [4.69, 9.17) is 0 Å². The van der Waals surface area contributed by atoms with Crippen LogP contribution in [-0.4, -0.2) is 25.7 Å². The van der Waals surface area contributed by atoms with Gasteiger partial charge in [0.2, 0.25) is 0 Å². The van der Waals surface area contributed by atoms with Crippen LogP contribution in [0.4, 0.5) is 16.2 Å². The van der Waals surface area contributed by atoms with E-state index in [0.29, 0.717) is 6.54 Å². The number of carbonyl (C=O) groups excluding carboxylic acids is 1. The Balaban J connectivity index is 0.00000338. The molecule has 2 aromatic rings. The van der Waals surface area contributed by atoms with Gasteiger partial charge in [0.1, 0.15) is 0 Å². The van der Waals surface area contributed by atoms with Gasteiger partial charge in [-0.3, -0.25) is 0 Å². The number of nitrogens with one attached hydrogen (secondary N) is 2. The molecule has 26 heavy (non-hydrogen) atoms. The molecule has 0 radical (unpaired) electrons. The lowest BCUT2D eigenvalue weighted by Crippen LogP contribution is -3.00. The number of hydrogen-bond donors (Lipinski definition) is 2. The molecule has 2 amide bonds. The number of rotatable bonds is 7. The van der Waals surface area contributed by atoms with Crippen LogP contribution in [0.3, 0.4) is 0 Å². The molecule has 2 N–H and O–H groups in total. The fraction of sp³-hybridized carbons (Fsp3) is 0.381. The Morgan fingerprint density at radius 1 is 1.04 bits per heavy atom. The van der Waals surface area contributed by atoms with Crippen molar-refractivity contribution in [1.29, 1.82) is 0 Å². The summed E-state index contributed by atoms with van der Waals surface area (Å²) in [6, 6.07) is 14.4. The average Bonchev–Trinajstić information content (AvgIpc) is 2.58. The molecule has 0 heterocycles. The van der Waals surface area contributed by atoms with E-state index in [-0.39, 0.29) is 18.4 Å². The van der Waals surface area contributed by atoms with E-state index in [0.717, 1.165) is 30.8 Å². The molecule has 0 fully saturated rings. The van der Waals surface area contributed by atoms with E-state index >= 15 is 0 Å². The summed E-state index contributed by atoms with van der Waals surface area (Å²) in [5.74, 6) is 0. The quantitative estimate of drug-likeness (QED) is 0.771. The van der Waals surface area contributed by atoms with Crippen molar-refractivity contribution in [2.75, 3.05) is 29.9 Å². The minimum Gasteiger partial charge on any atom is -1.00 e. The fourth-order valence-electron chi connectivity index (χ4n) is 2.93. The lowest BCUT2D eigenvalue weighted by molar-refractivity contribution is -0.00000850. The van der Waals surface area contributed by atoms with Gasteiger partial charge in [0.25, 0.3) is 0 Å². The van der Waals surface area contributed by atoms with Crippen molar-refractivity contribution in [2.24, 2.45) is 0 Å². The zero-order valence-corrected chi connectivity index (χ0v) is 16.9. The molecule has 5 heteroatoms. The van der Waals surface area contributed by atoms with Crippen molar-refractivity contribution in [3.63, 3.8) is 0 Å². The van der Waals surface area contributed by atoms with Crippen LogP contribution in [0.2, 0.25) is 0 Å². The van der Waals surface area contributed by atoms with Crippen molar-refractivity contribution >= 4 is 17.4 Å². The van der Waals surface area contributed by atoms with Gasteiger partial charge in [-0.05, 0) is 63.4 Å². The van der Waals surface area contributed by atoms with Gasteiger partial charge in [-0.2, -0.15) is 0 Å². The Morgan fingerprint density at radius 2 is 1.77 bits per heavy atom. The summed E-state index contributed by atoms with van der Waals surface area (Å²) in [6.07, 6.45) is 0.828. The molecular weight excluding hydrogens is 346 g/mol. The Hall–Kier alpha value is -2.20. The molecule has 0 bridgehead atoms. The van der Waals surface area contributed by atoms with Crippen molar-refractivity contribution in [3.8, 4) is 0 Å². The smallest absolute Gasteiger partial charge is 0.319 e. The maximum atomic E-state index is 12.1. The second-order valence-electron chi connectivity index (χ2n) is 6.29. The number of nitrogens with zero attached hydrogens (tertiary/aromatic N) is 1.